The number of rotatable bonds is 1. The van der Waals surface area contributed by atoms with Gasteiger partial charge in [0.25, 0.3) is 0 Å². The van der Waals surface area contributed by atoms with E-state index < -0.39 is 0 Å². The maximum atomic E-state index is 6.95. The van der Waals surface area contributed by atoms with Gasteiger partial charge in [-0.2, -0.15) is 0 Å². The third kappa shape index (κ3) is 18.3. The third-order valence-corrected chi connectivity index (χ3v) is 0.866. The highest BCUT2D eigenvalue weighted by Crippen LogP contribution is 1.90. The van der Waals surface area contributed by atoms with Crippen molar-refractivity contribution in [2.45, 2.75) is 41.0 Å². The van der Waals surface area contributed by atoms with Crippen LogP contribution < -0.4 is 0 Å². The van der Waals surface area contributed by atoms with Crippen LogP contribution in [0.25, 0.3) is 0 Å². The molecule has 0 bridgehead atoms. The monoisotopic (exact) mass is 129 g/mol. The summed E-state index contributed by atoms with van der Waals surface area (Å²) in [6, 6.07) is 0. The smallest absolute Gasteiger partial charge is 0.00836 e. The topological polar surface area (TPSA) is 23.9 Å². The van der Waals surface area contributed by atoms with Gasteiger partial charge in [-0.05, 0) is 12.8 Å². The summed E-state index contributed by atoms with van der Waals surface area (Å²) in [6.07, 6.45) is 1.25. The van der Waals surface area contributed by atoms with Crippen LogP contribution in [0.5, 0.6) is 0 Å². The number of hydrogen-bond acceptors (Lipinski definition) is 1. The SMILES string of the molecule is CC(=N)C(C)C.CCC. The summed E-state index contributed by atoms with van der Waals surface area (Å²) in [6.45, 7) is 10.1. The van der Waals surface area contributed by atoms with Gasteiger partial charge in [0.2, 0.25) is 0 Å². The van der Waals surface area contributed by atoms with E-state index in [0.717, 1.165) is 5.71 Å². The van der Waals surface area contributed by atoms with E-state index in [1.54, 1.807) is 0 Å². The summed E-state index contributed by atoms with van der Waals surface area (Å²) in [5.41, 5.74) is 0.759. The predicted molar refractivity (Wildman–Crippen MR) is 44.2 cm³/mol. The quantitative estimate of drug-likeness (QED) is 0.526. The van der Waals surface area contributed by atoms with Crippen LogP contribution >= 0.6 is 0 Å². The second kappa shape index (κ2) is 7.67. The van der Waals surface area contributed by atoms with Crippen LogP contribution in [0, 0.1) is 11.3 Å². The van der Waals surface area contributed by atoms with E-state index in [2.05, 4.69) is 13.8 Å². The number of nitrogens with one attached hydrogen (secondary N) is 1. The molecule has 56 valence electrons. The summed E-state index contributed by atoms with van der Waals surface area (Å²) < 4.78 is 0. The minimum absolute atomic E-state index is 0.435. The first-order valence-corrected chi connectivity index (χ1v) is 3.61. The fraction of sp³-hybridized carbons (Fsp3) is 0.875. The lowest BCUT2D eigenvalue weighted by atomic mass is 10.1. The molecule has 1 N–H and O–H groups in total. The molecule has 0 radical (unpaired) electrons. The molecule has 0 aliphatic rings. The van der Waals surface area contributed by atoms with Crippen LogP contribution in [0.3, 0.4) is 0 Å². The molecular formula is C8H19N. The highest BCUT2D eigenvalue weighted by Gasteiger charge is 1.90. The van der Waals surface area contributed by atoms with E-state index >= 15 is 0 Å². The van der Waals surface area contributed by atoms with Crippen molar-refractivity contribution >= 4 is 5.71 Å². The molecule has 0 heterocycles. The molecule has 9 heavy (non-hydrogen) atoms. The van der Waals surface area contributed by atoms with Crippen LogP contribution in [0.15, 0.2) is 0 Å². The average molecular weight is 129 g/mol. The molecular weight excluding hydrogens is 110 g/mol. The van der Waals surface area contributed by atoms with Crippen LogP contribution in [-0.2, 0) is 0 Å². The lowest BCUT2D eigenvalue weighted by Gasteiger charge is -1.95. The van der Waals surface area contributed by atoms with E-state index in [1.165, 1.54) is 6.42 Å². The molecule has 0 amide bonds. The van der Waals surface area contributed by atoms with E-state index in [0.29, 0.717) is 5.92 Å². The van der Waals surface area contributed by atoms with Crippen molar-refractivity contribution in [3.63, 3.8) is 0 Å². The van der Waals surface area contributed by atoms with Crippen molar-refractivity contribution in [3.8, 4) is 0 Å². The Morgan fingerprint density at radius 1 is 1.33 bits per heavy atom. The van der Waals surface area contributed by atoms with Gasteiger partial charge in [-0.15, -0.1) is 0 Å². The zero-order valence-corrected chi connectivity index (χ0v) is 7.28. The normalized spacial score (nSPS) is 8.22. The Kier molecular flexibility index (Phi) is 9.77. The minimum atomic E-state index is 0.435. The molecule has 0 aromatic heterocycles. The van der Waals surface area contributed by atoms with Crippen molar-refractivity contribution < 1.29 is 0 Å². The molecule has 0 saturated carbocycles. The summed E-state index contributed by atoms with van der Waals surface area (Å²) in [5, 5.41) is 6.95. The fourth-order valence-corrected chi connectivity index (χ4v) is 0. The van der Waals surface area contributed by atoms with Crippen LogP contribution in [-0.4, -0.2) is 5.71 Å². The Morgan fingerprint density at radius 2 is 1.44 bits per heavy atom. The zero-order valence-electron chi connectivity index (χ0n) is 7.28. The van der Waals surface area contributed by atoms with Crippen LogP contribution in [0.2, 0.25) is 0 Å². The molecule has 0 fully saturated rings. The predicted octanol–water partition coefficient (Wildman–Crippen LogP) is 3.10. The molecule has 0 aromatic carbocycles. The van der Waals surface area contributed by atoms with Gasteiger partial charge >= 0.3 is 0 Å². The molecule has 1 heteroatoms. The molecule has 0 atom stereocenters. The van der Waals surface area contributed by atoms with Gasteiger partial charge in [-0.3, -0.25) is 0 Å². The van der Waals surface area contributed by atoms with Crippen molar-refractivity contribution in [1.29, 1.82) is 5.41 Å². The van der Waals surface area contributed by atoms with Gasteiger partial charge in [-0.25, -0.2) is 0 Å². The maximum Gasteiger partial charge on any atom is 0.00836 e. The van der Waals surface area contributed by atoms with E-state index in [-0.39, 0.29) is 0 Å². The highest BCUT2D eigenvalue weighted by molar-refractivity contribution is 5.80. The molecule has 0 spiro atoms. The van der Waals surface area contributed by atoms with Crippen molar-refractivity contribution in [3.05, 3.63) is 0 Å². The lowest BCUT2D eigenvalue weighted by Crippen LogP contribution is -1.97. The third-order valence-electron chi connectivity index (χ3n) is 0.866. The van der Waals surface area contributed by atoms with E-state index in [1.807, 2.05) is 20.8 Å². The van der Waals surface area contributed by atoms with Crippen molar-refractivity contribution in [2.75, 3.05) is 0 Å². The first-order chi connectivity index (χ1) is 4.06. The van der Waals surface area contributed by atoms with Gasteiger partial charge in [-0.1, -0.05) is 34.1 Å². The first-order valence-electron chi connectivity index (χ1n) is 3.61. The second-order valence-electron chi connectivity index (χ2n) is 2.54. The Hall–Kier alpha value is -0.330. The molecule has 0 aromatic rings. The Morgan fingerprint density at radius 3 is 1.44 bits per heavy atom. The minimum Gasteiger partial charge on any atom is -0.310 e. The molecule has 0 aliphatic carbocycles. The highest BCUT2D eigenvalue weighted by atomic mass is 14.4. The summed E-state index contributed by atoms with van der Waals surface area (Å²) in [5.74, 6) is 0.435. The zero-order chi connectivity index (χ0) is 7.86. The van der Waals surface area contributed by atoms with Gasteiger partial charge in [0.1, 0.15) is 0 Å². The standard InChI is InChI=1S/C5H11N.C3H8/c1-4(2)5(3)6;1-3-2/h4,6H,1-3H3;3H2,1-2H3. The van der Waals surface area contributed by atoms with Gasteiger partial charge in [0.05, 0.1) is 0 Å². The number of hydrogen-bond donors (Lipinski definition) is 1. The van der Waals surface area contributed by atoms with Gasteiger partial charge in [0.15, 0.2) is 0 Å². The van der Waals surface area contributed by atoms with Gasteiger partial charge < -0.3 is 5.41 Å². The largest absolute Gasteiger partial charge is 0.310 e. The maximum absolute atomic E-state index is 6.95. The van der Waals surface area contributed by atoms with E-state index in [4.69, 9.17) is 5.41 Å². The molecule has 1 nitrogen and oxygen atoms in total. The van der Waals surface area contributed by atoms with Gasteiger partial charge in [0, 0.05) is 5.71 Å². The average Bonchev–Trinajstić information content (AvgIpc) is 1.68. The second-order valence-corrected chi connectivity index (χ2v) is 2.54. The lowest BCUT2D eigenvalue weighted by molar-refractivity contribution is 0.871. The van der Waals surface area contributed by atoms with Crippen LogP contribution in [0.4, 0.5) is 0 Å². The summed E-state index contributed by atoms with van der Waals surface area (Å²) in [7, 11) is 0. The fourth-order valence-electron chi connectivity index (χ4n) is 0. The molecule has 0 unspecified atom stereocenters. The van der Waals surface area contributed by atoms with Crippen molar-refractivity contribution in [2.24, 2.45) is 5.92 Å². The Balaban J connectivity index is 0. The molecule has 0 aliphatic heterocycles. The first kappa shape index (κ1) is 11.5. The summed E-state index contributed by atoms with van der Waals surface area (Å²) in [4.78, 5) is 0. The van der Waals surface area contributed by atoms with Crippen LogP contribution in [0.1, 0.15) is 41.0 Å². The Labute approximate surface area is 59.0 Å². The molecule has 0 saturated heterocycles. The summed E-state index contributed by atoms with van der Waals surface area (Å²) >= 11 is 0. The Bertz CT molecular complexity index is 65.0. The van der Waals surface area contributed by atoms with E-state index in [9.17, 15) is 0 Å². The molecule has 0 rings (SSSR count). The van der Waals surface area contributed by atoms with Crippen molar-refractivity contribution in [1.82, 2.24) is 0 Å².